The molecule has 0 saturated carbocycles. The first-order valence-corrected chi connectivity index (χ1v) is 24.0. The van der Waals surface area contributed by atoms with Crippen LogP contribution in [0, 0.1) is 5.41 Å². The number of aliphatic hydroxyl groups is 3. The summed E-state index contributed by atoms with van der Waals surface area (Å²) in [6, 6.07) is 0. The van der Waals surface area contributed by atoms with Crippen molar-refractivity contribution >= 4 is 69.1 Å². The Labute approximate surface area is 348 Å². The molecule has 0 spiro atoms. The number of nitrogens with zero attached hydrogens (tertiary/aromatic N) is 4. The van der Waals surface area contributed by atoms with Gasteiger partial charge >= 0.3 is 0 Å². The fourth-order valence-corrected chi connectivity index (χ4v) is 9.09. The Kier molecular flexibility index (Phi) is 20.1. The number of carbonyl (C=O) groups excluding carboxylic acids is 3. The van der Waals surface area contributed by atoms with E-state index >= 15 is 0 Å². The molecule has 7 N–H and O–H groups in total. The van der Waals surface area contributed by atoms with Crippen molar-refractivity contribution < 1.29 is 85.6 Å². The van der Waals surface area contributed by atoms with Crippen LogP contribution in [0.5, 0.6) is 0 Å². The van der Waals surface area contributed by atoms with Crippen molar-refractivity contribution in [2.75, 3.05) is 37.8 Å². The van der Waals surface area contributed by atoms with E-state index in [0.29, 0.717) is 6.42 Å². The molecule has 1 aliphatic rings. The molecule has 0 aliphatic carbocycles. The molecule has 1 aliphatic heterocycles. The molecule has 0 bridgehead atoms. The Morgan fingerprint density at radius 2 is 1.70 bits per heavy atom. The molecule has 1 saturated heterocycles. The maximum Gasteiger partial charge on any atom is 0.274 e. The summed E-state index contributed by atoms with van der Waals surface area (Å²) in [6.07, 6.45) is -2.65. The highest BCUT2D eigenvalue weighted by Crippen LogP contribution is 2.56. The van der Waals surface area contributed by atoms with Gasteiger partial charge in [0.25, 0.3) is 15.6 Å². The molecule has 8 atom stereocenters. The number of nitrogens with one attached hydrogen (secondary N) is 2. The highest BCUT2D eigenvalue weighted by molar-refractivity contribution is 8.13. The quantitative estimate of drug-likeness (QED) is 0.0427. The van der Waals surface area contributed by atoms with Gasteiger partial charge in [0.1, 0.15) is 36.3 Å². The van der Waals surface area contributed by atoms with Crippen LogP contribution in [0.2, 0.25) is 0 Å². The number of aliphatic hydroxyl groups excluding tert-OH is 3. The Morgan fingerprint density at radius 3 is 2.38 bits per heavy atom. The minimum absolute atomic E-state index is 0.0127. The lowest BCUT2D eigenvalue weighted by Gasteiger charge is -2.36. The normalized spacial score (nSPS) is 21.6. The van der Waals surface area contributed by atoms with Crippen LogP contribution in [0.4, 0.5) is 5.82 Å². The lowest BCUT2D eigenvalue weighted by atomic mass is 9.87. The number of hydrogen-bond donors (Lipinski definition) is 6. The molecule has 0 aromatic carbocycles. The van der Waals surface area contributed by atoms with Gasteiger partial charge < -0.3 is 74.1 Å². The number of fused-ring (bicyclic) bond motifs is 1. The number of rotatable bonds is 27. The predicted octanol–water partition coefficient (Wildman–Crippen LogP) is -1.75. The molecule has 60 heavy (non-hydrogen) atoms. The van der Waals surface area contributed by atoms with Crippen LogP contribution in [0.15, 0.2) is 12.7 Å². The molecule has 1 fully saturated rings. The van der Waals surface area contributed by atoms with Gasteiger partial charge in [0.05, 0.1) is 33.5 Å². The fourth-order valence-electron chi connectivity index (χ4n) is 5.61. The number of amides is 2. The number of hydrogen-bond acceptors (Lipinski definition) is 23. The number of phosphoric ester groups is 3. The summed E-state index contributed by atoms with van der Waals surface area (Å²) in [7, 11) is -17.6. The Bertz CT molecular complexity index is 1890. The number of nitrogens with two attached hydrogens (primary N) is 1. The number of nitrogen functional groups attached to an aromatic ring is 1. The molecule has 3 rings (SSSR count). The van der Waals surface area contributed by atoms with Gasteiger partial charge in [-0.25, -0.2) is 19.3 Å². The third-order valence-corrected chi connectivity index (χ3v) is 12.7. The minimum Gasteiger partial charge on any atom is -0.790 e. The zero-order valence-corrected chi connectivity index (χ0v) is 36.4. The summed E-state index contributed by atoms with van der Waals surface area (Å²) in [5.74, 6) is -1.33. The maximum absolute atomic E-state index is 12.6. The van der Waals surface area contributed by atoms with E-state index in [2.05, 4.69) is 50.4 Å². The van der Waals surface area contributed by atoms with E-state index in [0.717, 1.165) is 61.1 Å². The smallest absolute Gasteiger partial charge is 0.274 e. The minimum atomic E-state index is -5.92. The summed E-state index contributed by atoms with van der Waals surface area (Å²) in [5, 5.41) is 36.1. The first-order chi connectivity index (χ1) is 27.9. The second-order valence-electron chi connectivity index (χ2n) is 14.3. The Hall–Kier alpha value is -2.48. The van der Waals surface area contributed by atoms with Gasteiger partial charge in [0, 0.05) is 37.1 Å². The third kappa shape index (κ3) is 17.0. The molecule has 2 aromatic heterocycles. The molecule has 2 aromatic rings. The number of unbranched alkanes of at least 4 members (excludes halogenated alkanes) is 4. The number of anilines is 1. The fraction of sp³-hybridized carbons (Fsp3) is 0.742. The standard InChI is InChI=1S/C31H54N7O18P3S/c1-4-5-6-7-8-9-19(39)14-22(41)60-13-12-33-21(40)10-11-34-29(44)26(43)31(2,3)16-53-59(50,51)56-58(48,49)52-15-20-25(55-57(45,46)47)24(42)30(54-20)38-18-37-23-27(32)35-17-36-28(23)38/h17-20,24-26,30,39,42-43H,4-16H2,1-3H3,(H,33,40)(H,34,44)(H,48,49)(H,50,51)(H2,32,35,36)(H2,45,46,47)/p-4/t19-,20+,24+,25+,26-,30+/m0/s1. The van der Waals surface area contributed by atoms with Crippen molar-refractivity contribution in [1.82, 2.24) is 30.2 Å². The molecule has 25 nitrogen and oxygen atoms in total. The van der Waals surface area contributed by atoms with Gasteiger partial charge in [0.15, 0.2) is 22.8 Å². The summed E-state index contributed by atoms with van der Waals surface area (Å²) < 4.78 is 60.6. The maximum atomic E-state index is 12.6. The summed E-state index contributed by atoms with van der Waals surface area (Å²) in [5.41, 5.74) is 4.05. The van der Waals surface area contributed by atoms with Crippen molar-refractivity contribution in [3.05, 3.63) is 12.7 Å². The van der Waals surface area contributed by atoms with E-state index in [1.165, 1.54) is 13.8 Å². The molecule has 2 unspecified atom stereocenters. The van der Waals surface area contributed by atoms with Crippen LogP contribution in [-0.4, -0.2) is 114 Å². The SMILES string of the molecule is CCCCCCC[C@H](O)CC(=O)SCCNC(=O)CCNC(=O)[C@H](O)C(C)(C)COP(=O)([O-])OP(=O)([O-])OC[C@H]1O[C@@H](n2cnc3c(N)ncnc32)[C@H](O)[C@@H]1OP(=O)([O-])[O-]. The molecular formula is C31H50N7O18P3S-4. The van der Waals surface area contributed by atoms with Gasteiger partial charge in [-0.05, 0) is 6.42 Å². The average Bonchev–Trinajstić information content (AvgIpc) is 3.71. The van der Waals surface area contributed by atoms with Crippen LogP contribution in [0.3, 0.4) is 0 Å². The first-order valence-electron chi connectivity index (χ1n) is 18.6. The van der Waals surface area contributed by atoms with Gasteiger partial charge in [-0.1, -0.05) is 64.6 Å². The van der Waals surface area contributed by atoms with Crippen LogP contribution < -0.4 is 35.9 Å². The van der Waals surface area contributed by atoms with Crippen molar-refractivity contribution in [3.63, 3.8) is 0 Å². The van der Waals surface area contributed by atoms with E-state index < -0.39 is 90.7 Å². The molecule has 3 heterocycles. The lowest BCUT2D eigenvalue weighted by Crippen LogP contribution is -2.46. The predicted molar refractivity (Wildman–Crippen MR) is 202 cm³/mol. The first kappa shape index (κ1) is 51.9. The molecule has 29 heteroatoms. The van der Waals surface area contributed by atoms with Crippen LogP contribution in [-0.2, 0) is 50.7 Å². The zero-order valence-electron chi connectivity index (χ0n) is 32.9. The number of imidazole rings is 1. The molecule has 2 amide bonds. The van der Waals surface area contributed by atoms with E-state index in [1.54, 1.807) is 0 Å². The molecule has 342 valence electrons. The van der Waals surface area contributed by atoms with Gasteiger partial charge in [-0.3, -0.25) is 28.1 Å². The van der Waals surface area contributed by atoms with Crippen molar-refractivity contribution in [2.24, 2.45) is 5.41 Å². The number of thioether (sulfide) groups is 1. The second kappa shape index (κ2) is 23.3. The third-order valence-electron chi connectivity index (χ3n) is 8.78. The Morgan fingerprint density at radius 1 is 1.02 bits per heavy atom. The summed E-state index contributed by atoms with van der Waals surface area (Å²) >= 11 is 0.974. The highest BCUT2D eigenvalue weighted by atomic mass is 32.2. The van der Waals surface area contributed by atoms with Crippen LogP contribution in [0.1, 0.15) is 78.4 Å². The van der Waals surface area contributed by atoms with E-state index in [9.17, 15) is 63.0 Å². The summed E-state index contributed by atoms with van der Waals surface area (Å²) in [6.45, 7) is 2.10. The van der Waals surface area contributed by atoms with E-state index in [-0.39, 0.29) is 53.8 Å². The zero-order chi connectivity index (χ0) is 44.9. The van der Waals surface area contributed by atoms with Gasteiger partial charge in [-0.15, -0.1) is 0 Å². The molecule has 0 radical (unpaired) electrons. The highest BCUT2D eigenvalue weighted by Gasteiger charge is 2.47. The van der Waals surface area contributed by atoms with Crippen LogP contribution in [0.25, 0.3) is 11.2 Å². The number of carbonyl (C=O) groups is 3. The van der Waals surface area contributed by atoms with E-state index in [1.807, 2.05) is 0 Å². The van der Waals surface area contributed by atoms with Crippen molar-refractivity contribution in [1.29, 1.82) is 0 Å². The van der Waals surface area contributed by atoms with Crippen LogP contribution >= 0.6 is 35.2 Å². The van der Waals surface area contributed by atoms with Crippen molar-refractivity contribution in [3.8, 4) is 0 Å². The van der Waals surface area contributed by atoms with Gasteiger partial charge in [-0.2, -0.15) is 0 Å². The number of phosphoric acid groups is 3. The van der Waals surface area contributed by atoms with E-state index in [4.69, 9.17) is 10.5 Å². The largest absolute Gasteiger partial charge is 0.790 e. The molecular weight excluding hydrogens is 883 g/mol. The van der Waals surface area contributed by atoms with Gasteiger partial charge in [0.2, 0.25) is 11.8 Å². The topological polar surface area (TPSA) is 395 Å². The summed E-state index contributed by atoms with van der Waals surface area (Å²) in [4.78, 5) is 96.3. The second-order valence-corrected chi connectivity index (χ2v) is 19.5. The average molecular weight is 934 g/mol. The number of ether oxygens (including phenoxy) is 1. The monoisotopic (exact) mass is 933 g/mol. The number of aromatic nitrogens is 4. The Balaban J connectivity index is 1.42. The van der Waals surface area contributed by atoms with Crippen molar-refractivity contribution in [2.45, 2.75) is 109 Å². The lowest BCUT2D eigenvalue weighted by molar-refractivity contribution is -0.347.